The van der Waals surface area contributed by atoms with E-state index < -0.39 is 21.5 Å². The van der Waals surface area contributed by atoms with Crippen molar-refractivity contribution < 1.29 is 22.9 Å². The van der Waals surface area contributed by atoms with Crippen molar-refractivity contribution in [2.45, 2.75) is 11.8 Å². The Morgan fingerprint density at radius 2 is 2.11 bits per heavy atom. The maximum atomic E-state index is 11.9. The number of non-ortho nitro benzene ring substituents is 1. The van der Waals surface area contributed by atoms with E-state index in [0.29, 0.717) is 0 Å². The maximum absolute atomic E-state index is 11.9. The van der Waals surface area contributed by atoms with E-state index in [1.807, 2.05) is 4.72 Å². The van der Waals surface area contributed by atoms with E-state index >= 15 is 0 Å². The summed E-state index contributed by atoms with van der Waals surface area (Å²) in [6.07, 6.45) is 0. The van der Waals surface area contributed by atoms with Gasteiger partial charge in [-0.25, -0.2) is 13.1 Å². The van der Waals surface area contributed by atoms with Gasteiger partial charge in [0.25, 0.3) is 5.69 Å². The third-order valence-corrected chi connectivity index (χ3v) is 3.58. The zero-order valence-electron chi connectivity index (χ0n) is 10.2. The van der Waals surface area contributed by atoms with Crippen molar-refractivity contribution >= 4 is 21.5 Å². The van der Waals surface area contributed by atoms with Crippen LogP contribution in [0.5, 0.6) is 5.75 Å². The molecule has 0 atom stereocenters. The van der Waals surface area contributed by atoms with Gasteiger partial charge in [-0.2, -0.15) is 0 Å². The summed E-state index contributed by atoms with van der Waals surface area (Å²) in [6, 6.07) is 3.19. The minimum Gasteiger partial charge on any atom is -0.495 e. The fourth-order valence-electron chi connectivity index (χ4n) is 1.26. The number of benzene rings is 1. The molecule has 0 aliphatic rings. The highest BCUT2D eigenvalue weighted by atomic mass is 32.2. The van der Waals surface area contributed by atoms with Gasteiger partial charge in [-0.05, 0) is 13.0 Å². The lowest BCUT2D eigenvalue weighted by Gasteiger charge is -2.09. The quantitative estimate of drug-likeness (QED) is 0.601. The van der Waals surface area contributed by atoms with Crippen molar-refractivity contribution in [3.8, 4) is 5.75 Å². The van der Waals surface area contributed by atoms with Crippen LogP contribution >= 0.6 is 0 Å². The summed E-state index contributed by atoms with van der Waals surface area (Å²) in [5.41, 5.74) is -0.385. The molecule has 1 rings (SSSR count). The second kappa shape index (κ2) is 5.76. The number of nitrogens with zero attached hydrogens (tertiary/aromatic N) is 1. The first kappa shape index (κ1) is 15.1. The lowest BCUT2D eigenvalue weighted by atomic mass is 10.3. The van der Waals surface area contributed by atoms with E-state index in [4.69, 9.17) is 4.74 Å². The molecule has 19 heavy (non-hydrogen) atoms. The van der Waals surface area contributed by atoms with Gasteiger partial charge in [0.2, 0.25) is 10.0 Å². The standard InChI is InChI=1S/C10H12N2O6S/c1-7(13)6-11-19(16,17)10-5-8(12(14)15)3-4-9(10)18-2/h3-5,11H,6H2,1-2H3. The molecule has 0 radical (unpaired) electrons. The summed E-state index contributed by atoms with van der Waals surface area (Å²) in [7, 11) is -2.81. The Balaban J connectivity index is 3.26. The summed E-state index contributed by atoms with van der Waals surface area (Å²) in [4.78, 5) is 20.3. The fourth-order valence-corrected chi connectivity index (χ4v) is 2.50. The summed E-state index contributed by atoms with van der Waals surface area (Å²) in [5.74, 6) is -0.422. The smallest absolute Gasteiger partial charge is 0.271 e. The number of nitro groups is 1. The fraction of sp³-hybridized carbons (Fsp3) is 0.300. The molecule has 8 nitrogen and oxygen atoms in total. The Morgan fingerprint density at radius 3 is 2.58 bits per heavy atom. The minimum absolute atomic E-state index is 0.0401. The minimum atomic E-state index is -4.05. The molecule has 0 heterocycles. The number of carbonyl (C=O) groups is 1. The van der Waals surface area contributed by atoms with E-state index in [-0.39, 0.29) is 22.1 Å². The van der Waals surface area contributed by atoms with E-state index in [1.165, 1.54) is 20.1 Å². The van der Waals surface area contributed by atoms with Gasteiger partial charge in [-0.15, -0.1) is 0 Å². The maximum Gasteiger partial charge on any atom is 0.271 e. The van der Waals surface area contributed by atoms with Crippen LogP contribution in [0.3, 0.4) is 0 Å². The van der Waals surface area contributed by atoms with Gasteiger partial charge in [-0.1, -0.05) is 0 Å². The number of nitrogens with one attached hydrogen (secondary N) is 1. The molecule has 104 valence electrons. The molecule has 0 spiro atoms. The van der Waals surface area contributed by atoms with Crippen molar-refractivity contribution in [2.24, 2.45) is 0 Å². The third-order valence-electron chi connectivity index (χ3n) is 2.16. The van der Waals surface area contributed by atoms with Crippen molar-refractivity contribution in [2.75, 3.05) is 13.7 Å². The molecule has 0 amide bonds. The molecule has 1 N–H and O–H groups in total. The van der Waals surface area contributed by atoms with Crippen molar-refractivity contribution in [3.05, 3.63) is 28.3 Å². The number of ether oxygens (including phenoxy) is 1. The predicted molar refractivity (Wildman–Crippen MR) is 65.5 cm³/mol. The SMILES string of the molecule is COc1ccc([N+](=O)[O-])cc1S(=O)(=O)NCC(C)=O. The van der Waals surface area contributed by atoms with Crippen LogP contribution in [0.1, 0.15) is 6.92 Å². The largest absolute Gasteiger partial charge is 0.495 e. The van der Waals surface area contributed by atoms with Gasteiger partial charge in [0.05, 0.1) is 18.6 Å². The van der Waals surface area contributed by atoms with Crippen molar-refractivity contribution in [1.82, 2.24) is 4.72 Å². The van der Waals surface area contributed by atoms with Gasteiger partial charge >= 0.3 is 0 Å². The van der Waals surface area contributed by atoms with Crippen LogP contribution in [0, 0.1) is 10.1 Å². The number of Topliss-reactive ketones (excluding diaryl/α,β-unsaturated/α-hetero) is 1. The highest BCUT2D eigenvalue weighted by molar-refractivity contribution is 7.89. The van der Waals surface area contributed by atoms with Crippen LogP contribution in [0.25, 0.3) is 0 Å². The first-order valence-corrected chi connectivity index (χ1v) is 6.58. The first-order valence-electron chi connectivity index (χ1n) is 5.09. The molecular weight excluding hydrogens is 276 g/mol. The summed E-state index contributed by atoms with van der Waals surface area (Å²) < 4.78 is 30.7. The van der Waals surface area contributed by atoms with Gasteiger partial charge in [0, 0.05) is 12.1 Å². The molecule has 0 aliphatic carbocycles. The van der Waals surface area contributed by atoms with Gasteiger partial charge in [0.15, 0.2) is 0 Å². The summed E-state index contributed by atoms with van der Waals surface area (Å²) >= 11 is 0. The van der Waals surface area contributed by atoms with E-state index in [9.17, 15) is 23.3 Å². The molecule has 0 aliphatic heterocycles. The number of ketones is 1. The van der Waals surface area contributed by atoms with Crippen LogP contribution in [-0.2, 0) is 14.8 Å². The number of rotatable bonds is 6. The zero-order valence-corrected chi connectivity index (χ0v) is 11.1. The number of hydrogen-bond donors (Lipinski definition) is 1. The molecule has 0 saturated heterocycles. The first-order chi connectivity index (χ1) is 8.77. The number of carbonyl (C=O) groups excluding carboxylic acids is 1. The van der Waals surface area contributed by atoms with Crippen LogP contribution in [0.4, 0.5) is 5.69 Å². The summed E-state index contributed by atoms with van der Waals surface area (Å²) in [6.45, 7) is 0.821. The second-order valence-electron chi connectivity index (χ2n) is 3.62. The third kappa shape index (κ3) is 3.73. The molecule has 9 heteroatoms. The van der Waals surface area contributed by atoms with E-state index in [1.54, 1.807) is 0 Å². The Bertz CT molecular complexity index is 610. The highest BCUT2D eigenvalue weighted by Crippen LogP contribution is 2.27. The Labute approximate surface area is 109 Å². The van der Waals surface area contributed by atoms with Crippen molar-refractivity contribution in [1.29, 1.82) is 0 Å². The predicted octanol–water partition coefficient (Wildman–Crippen LogP) is 0.471. The van der Waals surface area contributed by atoms with Crippen LogP contribution < -0.4 is 9.46 Å². The molecule has 0 fully saturated rings. The summed E-state index contributed by atoms with van der Waals surface area (Å²) in [5, 5.41) is 10.6. The van der Waals surface area contributed by atoms with Gasteiger partial charge in [0.1, 0.15) is 16.4 Å². The van der Waals surface area contributed by atoms with Crippen LogP contribution in [-0.4, -0.2) is 32.8 Å². The lowest BCUT2D eigenvalue weighted by molar-refractivity contribution is -0.385. The monoisotopic (exact) mass is 288 g/mol. The average molecular weight is 288 g/mol. The van der Waals surface area contributed by atoms with Crippen molar-refractivity contribution in [3.63, 3.8) is 0 Å². The van der Waals surface area contributed by atoms with Gasteiger partial charge in [-0.3, -0.25) is 14.9 Å². The van der Waals surface area contributed by atoms with E-state index in [0.717, 1.165) is 12.1 Å². The Kier molecular flexibility index (Phi) is 4.57. The molecule has 0 aromatic heterocycles. The highest BCUT2D eigenvalue weighted by Gasteiger charge is 2.23. The average Bonchev–Trinajstić information content (AvgIpc) is 2.35. The molecule has 0 saturated carbocycles. The second-order valence-corrected chi connectivity index (χ2v) is 5.35. The van der Waals surface area contributed by atoms with Crippen LogP contribution in [0.2, 0.25) is 0 Å². The topological polar surface area (TPSA) is 116 Å². The molecule has 0 bridgehead atoms. The number of hydrogen-bond acceptors (Lipinski definition) is 6. The molecular formula is C10H12N2O6S. The Hall–Kier alpha value is -2.00. The number of methoxy groups -OCH3 is 1. The zero-order chi connectivity index (χ0) is 14.6. The Morgan fingerprint density at radius 1 is 1.47 bits per heavy atom. The number of nitro benzene ring substituents is 1. The van der Waals surface area contributed by atoms with Gasteiger partial charge < -0.3 is 4.74 Å². The van der Waals surface area contributed by atoms with Crippen LogP contribution in [0.15, 0.2) is 23.1 Å². The molecule has 1 aromatic rings. The lowest BCUT2D eigenvalue weighted by Crippen LogP contribution is -2.28. The number of sulfonamides is 1. The normalized spacial score (nSPS) is 11.1. The molecule has 1 aromatic carbocycles. The molecule has 0 unspecified atom stereocenters. The van der Waals surface area contributed by atoms with E-state index in [2.05, 4.69) is 0 Å².